The van der Waals surface area contributed by atoms with Crippen LogP contribution in [0.3, 0.4) is 0 Å². The molecule has 306 valence electrons. The molecule has 0 fully saturated rings. The van der Waals surface area contributed by atoms with Gasteiger partial charge in [-0.2, -0.15) is 0 Å². The Hall–Kier alpha value is -8.86. The SMILES string of the molecule is c1ccc(-c2ccc(-c3nc4ccccc4nc3-c3ccc(-n4c5cc6ccccc6cc5c5c(-n6c7ccccc7c7c8ccccc8ccc76)cccc54)c4ccccc34)cc2)cc1. The highest BCUT2D eigenvalue weighted by Crippen LogP contribution is 2.45. The van der Waals surface area contributed by atoms with Crippen molar-refractivity contribution in [2.24, 2.45) is 0 Å². The summed E-state index contributed by atoms with van der Waals surface area (Å²) in [6.45, 7) is 0. The molecule has 0 aliphatic carbocycles. The summed E-state index contributed by atoms with van der Waals surface area (Å²) in [6.07, 6.45) is 0. The molecule has 3 heterocycles. The monoisotopic (exact) mass is 838 g/mol. The molecule has 0 saturated heterocycles. The molecule has 0 unspecified atom stereocenters. The van der Waals surface area contributed by atoms with E-state index in [-0.39, 0.29) is 0 Å². The van der Waals surface area contributed by atoms with Gasteiger partial charge < -0.3 is 9.13 Å². The molecule has 3 aromatic heterocycles. The van der Waals surface area contributed by atoms with Gasteiger partial charge in [-0.15, -0.1) is 0 Å². The summed E-state index contributed by atoms with van der Waals surface area (Å²) >= 11 is 0. The Labute approximate surface area is 379 Å². The summed E-state index contributed by atoms with van der Waals surface area (Å²) in [5.74, 6) is 0. The van der Waals surface area contributed by atoms with Crippen molar-refractivity contribution in [3.8, 4) is 45.0 Å². The lowest BCUT2D eigenvalue weighted by Crippen LogP contribution is -2.00. The Bertz CT molecular complexity index is 4270. The van der Waals surface area contributed by atoms with E-state index in [2.05, 4.69) is 228 Å². The number of hydrogen-bond donors (Lipinski definition) is 0. The third-order valence-electron chi connectivity index (χ3n) is 13.7. The van der Waals surface area contributed by atoms with E-state index in [4.69, 9.17) is 9.97 Å². The van der Waals surface area contributed by atoms with Crippen LogP contribution in [0.4, 0.5) is 0 Å². The molecule has 0 spiro atoms. The number of benzene rings is 11. The van der Waals surface area contributed by atoms with E-state index in [0.29, 0.717) is 0 Å². The van der Waals surface area contributed by atoms with Gasteiger partial charge in [-0.25, -0.2) is 9.97 Å². The molecule has 14 aromatic rings. The first kappa shape index (κ1) is 36.6. The summed E-state index contributed by atoms with van der Waals surface area (Å²) in [7, 11) is 0. The molecule has 0 N–H and O–H groups in total. The lowest BCUT2D eigenvalue weighted by Gasteiger charge is -2.17. The molecule has 0 bridgehead atoms. The Morgan fingerprint density at radius 2 is 0.848 bits per heavy atom. The lowest BCUT2D eigenvalue weighted by atomic mass is 9.96. The Morgan fingerprint density at radius 3 is 1.65 bits per heavy atom. The van der Waals surface area contributed by atoms with Crippen molar-refractivity contribution >= 4 is 87.0 Å². The zero-order valence-electron chi connectivity index (χ0n) is 35.7. The van der Waals surface area contributed by atoms with Crippen LogP contribution in [0.5, 0.6) is 0 Å². The molecule has 14 rings (SSSR count). The maximum atomic E-state index is 5.42. The summed E-state index contributed by atoms with van der Waals surface area (Å²) in [4.78, 5) is 10.8. The van der Waals surface area contributed by atoms with E-state index in [9.17, 15) is 0 Å². The molecule has 0 amide bonds. The van der Waals surface area contributed by atoms with E-state index in [1.54, 1.807) is 0 Å². The van der Waals surface area contributed by atoms with Crippen LogP contribution in [0.2, 0.25) is 0 Å². The minimum atomic E-state index is 0.859. The molecule has 4 nitrogen and oxygen atoms in total. The van der Waals surface area contributed by atoms with Gasteiger partial charge in [0.2, 0.25) is 0 Å². The molecule has 0 aliphatic heterocycles. The quantitative estimate of drug-likeness (QED) is 0.173. The maximum Gasteiger partial charge on any atom is 0.0979 e. The molecule has 4 heteroatoms. The van der Waals surface area contributed by atoms with Gasteiger partial charge in [-0.3, -0.25) is 0 Å². The van der Waals surface area contributed by atoms with Crippen LogP contribution in [-0.2, 0) is 0 Å². The summed E-state index contributed by atoms with van der Waals surface area (Å²) < 4.78 is 4.98. The topological polar surface area (TPSA) is 35.6 Å². The Kier molecular flexibility index (Phi) is 7.95. The van der Waals surface area contributed by atoms with Crippen LogP contribution in [0.1, 0.15) is 0 Å². The van der Waals surface area contributed by atoms with E-state index in [0.717, 1.165) is 66.7 Å². The third kappa shape index (κ3) is 5.45. The molecule has 11 aromatic carbocycles. The predicted molar refractivity (Wildman–Crippen MR) is 277 cm³/mol. The number of hydrogen-bond acceptors (Lipinski definition) is 2. The highest BCUT2D eigenvalue weighted by Gasteiger charge is 2.23. The number of para-hydroxylation sites is 3. The fourth-order valence-electron chi connectivity index (χ4n) is 10.7. The molecule has 66 heavy (non-hydrogen) atoms. The van der Waals surface area contributed by atoms with Crippen LogP contribution in [0.15, 0.2) is 231 Å². The van der Waals surface area contributed by atoms with Crippen molar-refractivity contribution in [1.29, 1.82) is 0 Å². The first-order valence-electron chi connectivity index (χ1n) is 22.6. The normalized spacial score (nSPS) is 11.9. The van der Waals surface area contributed by atoms with Crippen molar-refractivity contribution in [1.82, 2.24) is 19.1 Å². The average Bonchev–Trinajstić information content (AvgIpc) is 3.90. The molecule has 0 saturated carbocycles. The summed E-state index contributed by atoms with van der Waals surface area (Å²) in [5, 5.41) is 12.1. The fourth-order valence-corrected chi connectivity index (χ4v) is 10.7. The fraction of sp³-hybridized carbons (Fsp3) is 0. The number of fused-ring (bicyclic) bond motifs is 11. The van der Waals surface area contributed by atoms with Gasteiger partial charge in [0.1, 0.15) is 0 Å². The Morgan fingerprint density at radius 1 is 0.273 bits per heavy atom. The highest BCUT2D eigenvalue weighted by molar-refractivity contribution is 6.24. The number of nitrogens with zero attached hydrogens (tertiary/aromatic N) is 4. The minimum absolute atomic E-state index is 0.859. The second kappa shape index (κ2) is 14.3. The van der Waals surface area contributed by atoms with Crippen molar-refractivity contribution in [3.63, 3.8) is 0 Å². The van der Waals surface area contributed by atoms with Gasteiger partial charge in [-0.1, -0.05) is 170 Å². The van der Waals surface area contributed by atoms with Gasteiger partial charge in [-0.05, 0) is 98.7 Å². The van der Waals surface area contributed by atoms with Gasteiger partial charge in [0.15, 0.2) is 0 Å². The van der Waals surface area contributed by atoms with Crippen LogP contribution >= 0.6 is 0 Å². The summed E-state index contributed by atoms with van der Waals surface area (Å²) in [5.41, 5.74) is 14.8. The lowest BCUT2D eigenvalue weighted by molar-refractivity contribution is 1.18. The average molecular weight is 839 g/mol. The number of rotatable bonds is 5. The van der Waals surface area contributed by atoms with Crippen molar-refractivity contribution in [2.45, 2.75) is 0 Å². The smallest absolute Gasteiger partial charge is 0.0979 e. The van der Waals surface area contributed by atoms with Crippen LogP contribution < -0.4 is 0 Å². The van der Waals surface area contributed by atoms with Crippen LogP contribution in [0.25, 0.3) is 132 Å². The van der Waals surface area contributed by atoms with Gasteiger partial charge in [0.25, 0.3) is 0 Å². The van der Waals surface area contributed by atoms with Crippen LogP contribution in [0, 0.1) is 0 Å². The van der Waals surface area contributed by atoms with Crippen molar-refractivity contribution in [3.05, 3.63) is 231 Å². The highest BCUT2D eigenvalue weighted by atomic mass is 15.0. The zero-order valence-corrected chi connectivity index (χ0v) is 35.7. The third-order valence-corrected chi connectivity index (χ3v) is 13.7. The van der Waals surface area contributed by atoms with E-state index in [1.807, 2.05) is 12.1 Å². The minimum Gasteiger partial charge on any atom is -0.309 e. The maximum absolute atomic E-state index is 5.42. The zero-order chi connectivity index (χ0) is 43.3. The van der Waals surface area contributed by atoms with Crippen molar-refractivity contribution in [2.75, 3.05) is 0 Å². The van der Waals surface area contributed by atoms with Gasteiger partial charge in [0, 0.05) is 38.1 Å². The second-order valence-electron chi connectivity index (χ2n) is 17.3. The second-order valence-corrected chi connectivity index (χ2v) is 17.3. The first-order chi connectivity index (χ1) is 32.7. The predicted octanol–water partition coefficient (Wildman–Crippen LogP) is 16.3. The molecular formula is C62H38N4. The molecular weight excluding hydrogens is 801 g/mol. The molecule has 0 aliphatic rings. The van der Waals surface area contributed by atoms with E-state index >= 15 is 0 Å². The van der Waals surface area contributed by atoms with Gasteiger partial charge >= 0.3 is 0 Å². The number of aromatic nitrogens is 4. The van der Waals surface area contributed by atoms with E-state index in [1.165, 1.54) is 65.3 Å². The Balaban J connectivity index is 1.04. The largest absolute Gasteiger partial charge is 0.309 e. The molecule has 0 radical (unpaired) electrons. The standard InChI is InChI=1S/C62H38N4/c1-2-15-39(16-3-1)40-29-31-42(32-30-40)61-62(64-52-25-12-11-24-51(52)63-61)48-34-36-54(47-22-9-8-21-46(47)48)66-56-28-14-27-55(60(56)50-37-43-18-4-5-19-44(43)38-58(50)66)65-53-26-13-10-23-49(53)59-45-20-7-6-17-41(45)33-35-57(59)65/h1-38H. The first-order valence-corrected chi connectivity index (χ1v) is 22.6. The molecule has 0 atom stereocenters. The van der Waals surface area contributed by atoms with Gasteiger partial charge in [0.05, 0.1) is 55.9 Å². The van der Waals surface area contributed by atoms with E-state index < -0.39 is 0 Å². The summed E-state index contributed by atoms with van der Waals surface area (Å²) in [6, 6.07) is 83.3. The van der Waals surface area contributed by atoms with Crippen molar-refractivity contribution < 1.29 is 0 Å². The van der Waals surface area contributed by atoms with Crippen LogP contribution in [-0.4, -0.2) is 19.1 Å².